The third kappa shape index (κ3) is 4.35. The Morgan fingerprint density at radius 3 is 2.71 bits per heavy atom. The van der Waals surface area contributed by atoms with Gasteiger partial charge >= 0.3 is 6.01 Å². The van der Waals surface area contributed by atoms with Crippen molar-refractivity contribution in [3.8, 4) is 11.8 Å². The maximum Gasteiger partial charge on any atom is 0.326 e. The lowest BCUT2D eigenvalue weighted by Crippen LogP contribution is -2.44. The topological polar surface area (TPSA) is 79.5 Å². The summed E-state index contributed by atoms with van der Waals surface area (Å²) in [6.07, 6.45) is 5.10. The molecule has 3 aromatic rings. The lowest BCUT2D eigenvalue weighted by molar-refractivity contribution is 0.311. The fourth-order valence-corrected chi connectivity index (χ4v) is 4.46. The highest BCUT2D eigenvalue weighted by Crippen LogP contribution is 2.40. The van der Waals surface area contributed by atoms with Crippen LogP contribution in [0.25, 0.3) is 6.08 Å². The summed E-state index contributed by atoms with van der Waals surface area (Å²) in [4.78, 5) is 13.6. The average Bonchev–Trinajstić information content (AvgIpc) is 3.45. The molecule has 1 aromatic carbocycles. The van der Waals surface area contributed by atoms with Crippen LogP contribution < -0.4 is 15.0 Å². The Hall–Kier alpha value is -3.46. The minimum Gasteiger partial charge on any atom is -0.421 e. The normalized spacial score (nSPS) is 18.1. The van der Waals surface area contributed by atoms with E-state index in [2.05, 4.69) is 43.4 Å². The number of rotatable bonds is 6. The number of hydrogen-bond donors (Lipinski definition) is 1. The number of piperazine rings is 1. The van der Waals surface area contributed by atoms with E-state index in [4.69, 9.17) is 9.26 Å². The number of benzene rings is 1. The molecule has 0 spiro atoms. The van der Waals surface area contributed by atoms with Crippen molar-refractivity contribution in [1.29, 1.82) is 0 Å². The van der Waals surface area contributed by atoms with Gasteiger partial charge in [0.1, 0.15) is 11.6 Å². The van der Waals surface area contributed by atoms with Gasteiger partial charge in [0.15, 0.2) is 11.6 Å². The van der Waals surface area contributed by atoms with E-state index in [1.165, 1.54) is 11.6 Å². The Bertz CT molecular complexity index is 1260. The van der Waals surface area contributed by atoms with Gasteiger partial charge in [-0.25, -0.2) is 4.39 Å². The third-order valence-electron chi connectivity index (χ3n) is 6.56. The molecule has 0 amide bonds. The van der Waals surface area contributed by atoms with Crippen LogP contribution in [0.5, 0.6) is 11.8 Å². The second-order valence-electron chi connectivity index (χ2n) is 9.45. The van der Waals surface area contributed by atoms with E-state index >= 15 is 0 Å². The van der Waals surface area contributed by atoms with Crippen LogP contribution in [0.4, 0.5) is 21.9 Å². The van der Waals surface area contributed by atoms with Crippen molar-refractivity contribution in [2.45, 2.75) is 32.1 Å². The van der Waals surface area contributed by atoms with Crippen LogP contribution in [-0.4, -0.2) is 53.3 Å². The van der Waals surface area contributed by atoms with Crippen LogP contribution in [0.3, 0.4) is 0 Å². The molecular formula is C25H27FN6O2. The molecule has 1 N–H and O–H groups in total. The van der Waals surface area contributed by atoms with Gasteiger partial charge in [-0.3, -0.25) is 0 Å². The Morgan fingerprint density at radius 1 is 1.09 bits per heavy atom. The first-order valence-corrected chi connectivity index (χ1v) is 11.7. The Balaban J connectivity index is 1.31. The van der Waals surface area contributed by atoms with Gasteiger partial charge in [0.2, 0.25) is 5.88 Å². The van der Waals surface area contributed by atoms with Crippen molar-refractivity contribution in [3.05, 3.63) is 52.5 Å². The number of nitrogens with zero attached hydrogens (tertiary/aromatic N) is 5. The monoisotopic (exact) mass is 462 g/mol. The van der Waals surface area contributed by atoms with Crippen LogP contribution in [0.1, 0.15) is 42.5 Å². The van der Waals surface area contributed by atoms with E-state index in [1.54, 1.807) is 6.07 Å². The number of nitrogens with one attached hydrogen (secondary N) is 1. The fraction of sp³-hybridized carbons (Fsp3) is 0.400. The first-order chi connectivity index (χ1) is 16.5. The zero-order valence-electron chi connectivity index (χ0n) is 19.3. The predicted octanol–water partition coefficient (Wildman–Crippen LogP) is 4.73. The molecule has 9 heteroatoms. The lowest BCUT2D eigenvalue weighted by Gasteiger charge is -2.33. The molecule has 8 nitrogen and oxygen atoms in total. The molecule has 3 heterocycles. The van der Waals surface area contributed by atoms with Crippen LogP contribution in [-0.2, 0) is 6.42 Å². The van der Waals surface area contributed by atoms with Crippen molar-refractivity contribution in [2.75, 3.05) is 43.4 Å². The summed E-state index contributed by atoms with van der Waals surface area (Å²) in [7, 11) is 2.10. The molecule has 3 aliphatic rings. The van der Waals surface area contributed by atoms with Gasteiger partial charge in [0.05, 0.1) is 5.69 Å². The molecule has 1 saturated carbocycles. The van der Waals surface area contributed by atoms with E-state index in [1.807, 2.05) is 19.1 Å². The summed E-state index contributed by atoms with van der Waals surface area (Å²) in [5, 5.41) is 7.34. The van der Waals surface area contributed by atoms with Gasteiger partial charge in [0, 0.05) is 44.2 Å². The van der Waals surface area contributed by atoms with Crippen molar-refractivity contribution in [3.63, 3.8) is 0 Å². The van der Waals surface area contributed by atoms with E-state index < -0.39 is 5.82 Å². The summed E-state index contributed by atoms with van der Waals surface area (Å²) in [6, 6.07) is 7.11. The molecule has 0 unspecified atom stereocenters. The SMILES string of the molecule is CC1=Cc2cc(Oc3nc(Nc4cc(C5CC5)no4)cc(N4CCN(C)CC4)n3)c(F)cc2C1. The van der Waals surface area contributed by atoms with Crippen molar-refractivity contribution < 1.29 is 13.7 Å². The number of anilines is 3. The minimum absolute atomic E-state index is 0.0819. The maximum atomic E-state index is 14.8. The molecular weight excluding hydrogens is 435 g/mol. The lowest BCUT2D eigenvalue weighted by atomic mass is 10.1. The average molecular weight is 463 g/mol. The summed E-state index contributed by atoms with van der Waals surface area (Å²) in [5.74, 6) is 1.93. The highest BCUT2D eigenvalue weighted by Gasteiger charge is 2.27. The van der Waals surface area contributed by atoms with Gasteiger partial charge in [0.25, 0.3) is 0 Å². The zero-order valence-corrected chi connectivity index (χ0v) is 19.3. The summed E-state index contributed by atoms with van der Waals surface area (Å²) in [6.45, 7) is 5.56. The first-order valence-electron chi connectivity index (χ1n) is 11.7. The number of halogens is 1. The molecule has 34 heavy (non-hydrogen) atoms. The molecule has 2 fully saturated rings. The molecule has 0 bridgehead atoms. The highest BCUT2D eigenvalue weighted by atomic mass is 19.1. The Kier molecular flexibility index (Phi) is 5.21. The number of ether oxygens (including phenoxy) is 1. The number of fused-ring (bicyclic) bond motifs is 1. The molecule has 0 radical (unpaired) electrons. The molecule has 6 rings (SSSR count). The van der Waals surface area contributed by atoms with E-state index in [0.717, 1.165) is 68.1 Å². The standard InChI is InChI=1S/C25H27FN6O2/c1-15-9-17-11-19(26)21(12-18(17)10-15)33-25-28-22(27-24-13-20(30-34-24)16-3-4-16)14-23(29-25)32-7-5-31(2)6-8-32/h10-14,16H,3-9H2,1-2H3,(H,27,28,29). The maximum absolute atomic E-state index is 14.8. The quantitative estimate of drug-likeness (QED) is 0.563. The second-order valence-corrected chi connectivity index (χ2v) is 9.45. The second kappa shape index (κ2) is 8.39. The van der Waals surface area contributed by atoms with Crippen LogP contribution >= 0.6 is 0 Å². The van der Waals surface area contributed by atoms with Crippen molar-refractivity contribution in [1.82, 2.24) is 20.0 Å². The van der Waals surface area contributed by atoms with Gasteiger partial charge < -0.3 is 24.4 Å². The Labute approximate surface area is 197 Å². The molecule has 1 saturated heterocycles. The fourth-order valence-electron chi connectivity index (χ4n) is 4.46. The summed E-state index contributed by atoms with van der Waals surface area (Å²) in [5.41, 5.74) is 4.09. The third-order valence-corrected chi connectivity index (χ3v) is 6.56. The smallest absolute Gasteiger partial charge is 0.326 e. The summed E-state index contributed by atoms with van der Waals surface area (Å²) >= 11 is 0. The number of aromatic nitrogens is 3. The molecule has 2 aliphatic carbocycles. The number of allylic oxidation sites excluding steroid dienone is 1. The number of hydrogen-bond acceptors (Lipinski definition) is 8. The first kappa shape index (κ1) is 21.1. The van der Waals surface area contributed by atoms with E-state index in [-0.39, 0.29) is 11.8 Å². The van der Waals surface area contributed by atoms with Crippen LogP contribution in [0.15, 0.2) is 34.4 Å². The van der Waals surface area contributed by atoms with Crippen LogP contribution in [0, 0.1) is 5.82 Å². The predicted molar refractivity (Wildman–Crippen MR) is 127 cm³/mol. The molecule has 0 atom stereocenters. The van der Waals surface area contributed by atoms with E-state index in [9.17, 15) is 4.39 Å². The van der Waals surface area contributed by atoms with Gasteiger partial charge in [-0.15, -0.1) is 0 Å². The minimum atomic E-state index is -0.422. The van der Waals surface area contributed by atoms with Gasteiger partial charge in [-0.1, -0.05) is 16.8 Å². The van der Waals surface area contributed by atoms with Crippen molar-refractivity contribution in [2.24, 2.45) is 0 Å². The van der Waals surface area contributed by atoms with Crippen molar-refractivity contribution >= 4 is 23.6 Å². The van der Waals surface area contributed by atoms with Gasteiger partial charge in [-0.05, 0) is 56.5 Å². The highest BCUT2D eigenvalue weighted by molar-refractivity contribution is 5.65. The largest absolute Gasteiger partial charge is 0.421 e. The summed E-state index contributed by atoms with van der Waals surface area (Å²) < 4.78 is 26.2. The zero-order chi connectivity index (χ0) is 23.2. The molecule has 2 aromatic heterocycles. The Morgan fingerprint density at radius 2 is 1.91 bits per heavy atom. The van der Waals surface area contributed by atoms with E-state index in [0.29, 0.717) is 17.6 Å². The number of likely N-dealkylation sites (N-methyl/N-ethyl adjacent to an activating group) is 1. The van der Waals surface area contributed by atoms with Crippen LogP contribution in [0.2, 0.25) is 0 Å². The van der Waals surface area contributed by atoms with Gasteiger partial charge in [-0.2, -0.15) is 9.97 Å². The molecule has 1 aliphatic heterocycles. The molecule has 176 valence electrons.